The van der Waals surface area contributed by atoms with Crippen LogP contribution in [0.4, 0.5) is 0 Å². The van der Waals surface area contributed by atoms with E-state index in [1.165, 1.54) is 0 Å². The summed E-state index contributed by atoms with van der Waals surface area (Å²) in [7, 11) is 0. The van der Waals surface area contributed by atoms with E-state index in [4.69, 9.17) is 10.3 Å². The van der Waals surface area contributed by atoms with Crippen molar-refractivity contribution in [2.45, 2.75) is 70.8 Å². The minimum atomic E-state index is -0.112. The van der Waals surface area contributed by atoms with Crippen molar-refractivity contribution in [1.29, 1.82) is 0 Å². The lowest BCUT2D eigenvalue weighted by Crippen LogP contribution is -2.39. The monoisotopic (exact) mass is 308 g/mol. The number of nitrogens with zero attached hydrogens (tertiary/aromatic N) is 2. The molecule has 6 nitrogen and oxygen atoms in total. The summed E-state index contributed by atoms with van der Waals surface area (Å²) >= 11 is 0. The van der Waals surface area contributed by atoms with Crippen LogP contribution in [0.2, 0.25) is 0 Å². The SMILES string of the molecule is CC(C)(C)c1noc(CCCC(=O)NC2CCCC2CN)n1. The van der Waals surface area contributed by atoms with Crippen LogP contribution < -0.4 is 11.1 Å². The van der Waals surface area contributed by atoms with Gasteiger partial charge in [-0.2, -0.15) is 4.98 Å². The van der Waals surface area contributed by atoms with Gasteiger partial charge in [-0.25, -0.2) is 0 Å². The van der Waals surface area contributed by atoms with Crippen LogP contribution in [0.1, 0.15) is 64.6 Å². The molecule has 2 atom stereocenters. The van der Waals surface area contributed by atoms with Gasteiger partial charge < -0.3 is 15.6 Å². The second-order valence-corrected chi connectivity index (χ2v) is 7.22. The minimum absolute atomic E-state index is 0.0981. The van der Waals surface area contributed by atoms with Crippen LogP contribution in [-0.4, -0.2) is 28.6 Å². The van der Waals surface area contributed by atoms with Crippen LogP contribution in [0.15, 0.2) is 4.52 Å². The van der Waals surface area contributed by atoms with Gasteiger partial charge in [0.1, 0.15) is 0 Å². The molecule has 3 N–H and O–H groups in total. The van der Waals surface area contributed by atoms with Gasteiger partial charge in [0.05, 0.1) is 0 Å². The van der Waals surface area contributed by atoms with Gasteiger partial charge >= 0.3 is 0 Å². The number of nitrogens with two attached hydrogens (primary N) is 1. The Labute approximate surface area is 132 Å². The molecule has 6 heteroatoms. The molecule has 1 fully saturated rings. The highest BCUT2D eigenvalue weighted by atomic mass is 16.5. The Balaban J connectivity index is 1.72. The van der Waals surface area contributed by atoms with Crippen molar-refractivity contribution in [3.63, 3.8) is 0 Å². The second-order valence-electron chi connectivity index (χ2n) is 7.22. The number of amides is 1. The smallest absolute Gasteiger partial charge is 0.226 e. The molecule has 1 saturated carbocycles. The molecule has 1 aromatic heterocycles. The highest BCUT2D eigenvalue weighted by Crippen LogP contribution is 2.24. The number of rotatable bonds is 6. The van der Waals surface area contributed by atoms with Crippen molar-refractivity contribution in [1.82, 2.24) is 15.5 Å². The average molecular weight is 308 g/mol. The Morgan fingerprint density at radius 3 is 2.82 bits per heavy atom. The molecule has 2 unspecified atom stereocenters. The summed E-state index contributed by atoms with van der Waals surface area (Å²) in [5.41, 5.74) is 5.62. The quantitative estimate of drug-likeness (QED) is 0.837. The number of aryl methyl sites for hydroxylation is 1. The first-order valence-electron chi connectivity index (χ1n) is 8.22. The van der Waals surface area contributed by atoms with Crippen molar-refractivity contribution < 1.29 is 9.32 Å². The van der Waals surface area contributed by atoms with Crippen molar-refractivity contribution in [3.05, 3.63) is 11.7 Å². The van der Waals surface area contributed by atoms with Crippen LogP contribution in [-0.2, 0) is 16.6 Å². The standard InChI is InChI=1S/C16H28N4O2/c1-16(2,3)15-19-14(22-20-15)9-5-8-13(21)18-12-7-4-6-11(12)10-17/h11-12H,4-10,17H2,1-3H3,(H,18,21). The molecule has 0 spiro atoms. The molecule has 1 aliphatic carbocycles. The Bertz CT molecular complexity index is 493. The fourth-order valence-electron chi connectivity index (χ4n) is 2.85. The highest BCUT2D eigenvalue weighted by Gasteiger charge is 2.27. The molecule has 0 saturated heterocycles. The predicted molar refractivity (Wildman–Crippen MR) is 84.3 cm³/mol. The largest absolute Gasteiger partial charge is 0.353 e. The van der Waals surface area contributed by atoms with Gasteiger partial charge in [0, 0.05) is 24.3 Å². The molecular weight excluding hydrogens is 280 g/mol. The van der Waals surface area contributed by atoms with Gasteiger partial charge in [0.25, 0.3) is 0 Å². The molecule has 1 aromatic rings. The predicted octanol–water partition coefficient (Wildman–Crippen LogP) is 1.93. The minimum Gasteiger partial charge on any atom is -0.353 e. The van der Waals surface area contributed by atoms with Crippen LogP contribution in [0.5, 0.6) is 0 Å². The number of hydrogen-bond donors (Lipinski definition) is 2. The van der Waals surface area contributed by atoms with E-state index in [-0.39, 0.29) is 17.4 Å². The van der Waals surface area contributed by atoms with E-state index in [1.807, 2.05) is 20.8 Å². The van der Waals surface area contributed by atoms with E-state index >= 15 is 0 Å². The highest BCUT2D eigenvalue weighted by molar-refractivity contribution is 5.76. The van der Waals surface area contributed by atoms with E-state index in [0.29, 0.717) is 37.0 Å². The maximum absolute atomic E-state index is 12.0. The molecule has 124 valence electrons. The molecule has 0 radical (unpaired) electrons. The van der Waals surface area contributed by atoms with Crippen LogP contribution in [0.3, 0.4) is 0 Å². The van der Waals surface area contributed by atoms with E-state index < -0.39 is 0 Å². The van der Waals surface area contributed by atoms with Crippen molar-refractivity contribution in [3.8, 4) is 0 Å². The van der Waals surface area contributed by atoms with Gasteiger partial charge in [-0.05, 0) is 31.7 Å². The Morgan fingerprint density at radius 1 is 1.41 bits per heavy atom. The topological polar surface area (TPSA) is 94.0 Å². The van der Waals surface area contributed by atoms with Gasteiger partial charge in [-0.1, -0.05) is 32.3 Å². The van der Waals surface area contributed by atoms with Gasteiger partial charge in [-0.3, -0.25) is 4.79 Å². The van der Waals surface area contributed by atoms with E-state index in [0.717, 1.165) is 25.7 Å². The normalized spacial score (nSPS) is 22.0. The Kier molecular flexibility index (Phi) is 5.56. The van der Waals surface area contributed by atoms with E-state index in [9.17, 15) is 4.79 Å². The summed E-state index contributed by atoms with van der Waals surface area (Å²) < 4.78 is 5.23. The number of carbonyl (C=O) groups excluding carboxylic acids is 1. The van der Waals surface area contributed by atoms with Crippen LogP contribution >= 0.6 is 0 Å². The molecule has 0 aliphatic heterocycles. The molecule has 0 aromatic carbocycles. The zero-order chi connectivity index (χ0) is 16.2. The molecule has 0 bridgehead atoms. The fraction of sp³-hybridized carbons (Fsp3) is 0.812. The first-order valence-corrected chi connectivity index (χ1v) is 8.22. The summed E-state index contributed by atoms with van der Waals surface area (Å²) in [6.45, 7) is 6.79. The third-order valence-corrected chi connectivity index (χ3v) is 4.24. The zero-order valence-corrected chi connectivity index (χ0v) is 13.9. The summed E-state index contributed by atoms with van der Waals surface area (Å²) in [4.78, 5) is 16.4. The average Bonchev–Trinajstić information content (AvgIpc) is 3.07. The molecule has 22 heavy (non-hydrogen) atoms. The Hall–Kier alpha value is -1.43. The molecule has 1 amide bonds. The number of hydrogen-bond acceptors (Lipinski definition) is 5. The first kappa shape index (κ1) is 16.9. The maximum atomic E-state index is 12.0. The lowest BCUT2D eigenvalue weighted by Gasteiger charge is -2.19. The first-order chi connectivity index (χ1) is 10.4. The number of nitrogens with one attached hydrogen (secondary N) is 1. The van der Waals surface area contributed by atoms with Crippen molar-refractivity contribution in [2.75, 3.05) is 6.54 Å². The zero-order valence-electron chi connectivity index (χ0n) is 13.9. The van der Waals surface area contributed by atoms with Gasteiger partial charge in [0.2, 0.25) is 11.8 Å². The lowest BCUT2D eigenvalue weighted by atomic mass is 9.96. The van der Waals surface area contributed by atoms with Crippen LogP contribution in [0.25, 0.3) is 0 Å². The van der Waals surface area contributed by atoms with Gasteiger partial charge in [-0.15, -0.1) is 0 Å². The Morgan fingerprint density at radius 2 is 2.18 bits per heavy atom. The molecule has 1 heterocycles. The van der Waals surface area contributed by atoms with Crippen LogP contribution in [0, 0.1) is 5.92 Å². The summed E-state index contributed by atoms with van der Waals surface area (Å²) in [6, 6.07) is 0.258. The third-order valence-electron chi connectivity index (χ3n) is 4.24. The summed E-state index contributed by atoms with van der Waals surface area (Å²) in [6.07, 6.45) is 5.18. The van der Waals surface area contributed by atoms with Gasteiger partial charge in [0.15, 0.2) is 5.82 Å². The molecule has 1 aliphatic rings. The van der Waals surface area contributed by atoms with Crippen molar-refractivity contribution >= 4 is 5.91 Å². The summed E-state index contributed by atoms with van der Waals surface area (Å²) in [5, 5.41) is 7.10. The van der Waals surface area contributed by atoms with E-state index in [2.05, 4.69) is 15.5 Å². The lowest BCUT2D eigenvalue weighted by molar-refractivity contribution is -0.122. The number of carbonyl (C=O) groups is 1. The summed E-state index contributed by atoms with van der Waals surface area (Å²) in [5.74, 6) is 1.86. The third kappa shape index (κ3) is 4.53. The number of aromatic nitrogens is 2. The molecular formula is C16H28N4O2. The van der Waals surface area contributed by atoms with E-state index in [1.54, 1.807) is 0 Å². The fourth-order valence-corrected chi connectivity index (χ4v) is 2.85. The second kappa shape index (κ2) is 7.22. The maximum Gasteiger partial charge on any atom is 0.226 e. The molecule has 2 rings (SSSR count). The van der Waals surface area contributed by atoms with Crippen molar-refractivity contribution in [2.24, 2.45) is 11.7 Å².